The molecule has 2 atom stereocenters. The minimum atomic E-state index is 0.155. The highest BCUT2D eigenvalue weighted by Gasteiger charge is 2.16. The fraction of sp³-hybridized carbons (Fsp3) is 1.00. The molecule has 0 aliphatic carbocycles. The minimum absolute atomic E-state index is 0.155. The Balaban J connectivity index is 1.98. The zero-order chi connectivity index (χ0) is 9.52. The molecule has 4 nitrogen and oxygen atoms in total. The van der Waals surface area contributed by atoms with Crippen LogP contribution in [0.1, 0.15) is 12.8 Å². The molecule has 0 amide bonds. The quantitative estimate of drug-likeness (QED) is 0.605. The maximum absolute atomic E-state index is 8.88. The normalized spacial score (nSPS) is 24.9. The van der Waals surface area contributed by atoms with E-state index in [-0.39, 0.29) is 18.8 Å². The van der Waals surface area contributed by atoms with Crippen LogP contribution in [0.5, 0.6) is 0 Å². The Morgan fingerprint density at radius 1 is 1.69 bits per heavy atom. The first-order valence-electron chi connectivity index (χ1n) is 4.84. The van der Waals surface area contributed by atoms with Gasteiger partial charge in [0, 0.05) is 19.3 Å². The van der Waals surface area contributed by atoms with E-state index in [9.17, 15) is 0 Å². The molecular weight excluding hydrogens is 170 g/mol. The van der Waals surface area contributed by atoms with Crippen molar-refractivity contribution in [1.29, 1.82) is 0 Å². The molecule has 0 radical (unpaired) electrons. The Morgan fingerprint density at radius 2 is 2.54 bits per heavy atom. The first-order valence-corrected chi connectivity index (χ1v) is 4.84. The van der Waals surface area contributed by atoms with Gasteiger partial charge in [0.15, 0.2) is 0 Å². The van der Waals surface area contributed by atoms with Crippen molar-refractivity contribution in [1.82, 2.24) is 5.32 Å². The van der Waals surface area contributed by atoms with E-state index in [4.69, 9.17) is 14.6 Å². The van der Waals surface area contributed by atoms with E-state index in [1.165, 1.54) is 0 Å². The molecule has 0 bridgehead atoms. The summed E-state index contributed by atoms with van der Waals surface area (Å²) in [4.78, 5) is 0. The van der Waals surface area contributed by atoms with Gasteiger partial charge in [-0.2, -0.15) is 0 Å². The van der Waals surface area contributed by atoms with Crippen LogP contribution >= 0.6 is 0 Å². The van der Waals surface area contributed by atoms with Crippen molar-refractivity contribution in [3.8, 4) is 0 Å². The largest absolute Gasteiger partial charge is 0.395 e. The highest BCUT2D eigenvalue weighted by atomic mass is 16.5. The Hall–Kier alpha value is -0.160. The molecule has 0 aromatic carbocycles. The first-order chi connectivity index (χ1) is 6.36. The molecule has 1 fully saturated rings. The maximum Gasteiger partial charge on any atom is 0.0830 e. The molecule has 1 heterocycles. The van der Waals surface area contributed by atoms with E-state index in [0.717, 1.165) is 26.1 Å². The average molecular weight is 189 g/mol. The van der Waals surface area contributed by atoms with Gasteiger partial charge in [-0.25, -0.2) is 0 Å². The van der Waals surface area contributed by atoms with E-state index in [1.54, 1.807) is 0 Å². The Bertz CT molecular complexity index is 120. The van der Waals surface area contributed by atoms with E-state index >= 15 is 0 Å². The molecule has 13 heavy (non-hydrogen) atoms. The van der Waals surface area contributed by atoms with Crippen molar-refractivity contribution >= 4 is 0 Å². The van der Waals surface area contributed by atoms with Gasteiger partial charge in [0.05, 0.1) is 19.3 Å². The summed E-state index contributed by atoms with van der Waals surface area (Å²) in [5.41, 5.74) is 0. The zero-order valence-electron chi connectivity index (χ0n) is 8.16. The number of hydrogen-bond donors (Lipinski definition) is 2. The summed E-state index contributed by atoms with van der Waals surface area (Å²) >= 11 is 0. The number of hydrogen-bond acceptors (Lipinski definition) is 4. The molecule has 1 saturated heterocycles. The van der Waals surface area contributed by atoms with Crippen molar-refractivity contribution in [2.24, 2.45) is 0 Å². The predicted molar refractivity (Wildman–Crippen MR) is 49.7 cm³/mol. The van der Waals surface area contributed by atoms with Crippen LogP contribution in [0.3, 0.4) is 0 Å². The van der Waals surface area contributed by atoms with Crippen LogP contribution in [0.4, 0.5) is 0 Å². The lowest BCUT2D eigenvalue weighted by atomic mass is 10.2. The molecule has 1 aliphatic heterocycles. The van der Waals surface area contributed by atoms with E-state index in [0.29, 0.717) is 6.61 Å². The van der Waals surface area contributed by atoms with Crippen molar-refractivity contribution in [2.75, 3.05) is 33.5 Å². The van der Waals surface area contributed by atoms with Gasteiger partial charge in [0.25, 0.3) is 0 Å². The molecule has 78 valence electrons. The fourth-order valence-electron chi connectivity index (χ4n) is 1.35. The van der Waals surface area contributed by atoms with Crippen molar-refractivity contribution in [2.45, 2.75) is 25.0 Å². The van der Waals surface area contributed by atoms with Crippen LogP contribution in [0.2, 0.25) is 0 Å². The Morgan fingerprint density at radius 3 is 3.08 bits per heavy atom. The fourth-order valence-corrected chi connectivity index (χ4v) is 1.35. The highest BCUT2D eigenvalue weighted by Crippen LogP contribution is 2.08. The number of rotatable bonds is 6. The van der Waals surface area contributed by atoms with Crippen LogP contribution < -0.4 is 5.32 Å². The van der Waals surface area contributed by atoms with Gasteiger partial charge in [0.1, 0.15) is 0 Å². The van der Waals surface area contributed by atoms with Crippen LogP contribution in [-0.4, -0.2) is 50.7 Å². The van der Waals surface area contributed by atoms with Crippen LogP contribution in [0.15, 0.2) is 0 Å². The van der Waals surface area contributed by atoms with E-state index in [2.05, 4.69) is 5.32 Å². The molecular formula is C9H19NO3. The van der Waals surface area contributed by atoms with Gasteiger partial charge in [-0.3, -0.25) is 0 Å². The number of aliphatic hydroxyl groups excluding tert-OH is 1. The third kappa shape index (κ3) is 4.04. The zero-order valence-corrected chi connectivity index (χ0v) is 8.16. The van der Waals surface area contributed by atoms with Crippen LogP contribution in [-0.2, 0) is 9.47 Å². The second-order valence-corrected chi connectivity index (χ2v) is 3.31. The monoisotopic (exact) mass is 189 g/mol. The number of aliphatic hydroxyl groups is 1. The Kier molecular flexibility index (Phi) is 5.31. The van der Waals surface area contributed by atoms with Gasteiger partial charge >= 0.3 is 0 Å². The van der Waals surface area contributed by atoms with Crippen LogP contribution in [0, 0.1) is 0 Å². The second-order valence-electron chi connectivity index (χ2n) is 3.31. The molecule has 0 aromatic heterocycles. The lowest BCUT2D eigenvalue weighted by molar-refractivity contribution is 0.0351. The lowest BCUT2D eigenvalue weighted by Gasteiger charge is -2.14. The number of nitrogens with one attached hydrogen (secondary N) is 1. The summed E-state index contributed by atoms with van der Waals surface area (Å²) in [6.45, 7) is 2.41. The lowest BCUT2D eigenvalue weighted by Crippen LogP contribution is -2.31. The van der Waals surface area contributed by atoms with Crippen LogP contribution in [0.25, 0.3) is 0 Å². The van der Waals surface area contributed by atoms with Gasteiger partial charge in [-0.05, 0) is 19.9 Å². The van der Waals surface area contributed by atoms with E-state index < -0.39 is 0 Å². The number of likely N-dealkylation sites (N-methyl/N-ethyl adjacent to an activating group) is 1. The first kappa shape index (κ1) is 10.9. The summed E-state index contributed by atoms with van der Waals surface area (Å²) in [7, 11) is 1.85. The second kappa shape index (κ2) is 6.32. The van der Waals surface area contributed by atoms with Crippen molar-refractivity contribution in [3.63, 3.8) is 0 Å². The standard InChI is InChI=1S/C9H19NO3/c1-10-8(6-11)2-5-13-9-3-4-12-7-9/h8-11H,2-7H2,1H3. The third-order valence-electron chi connectivity index (χ3n) is 2.34. The van der Waals surface area contributed by atoms with E-state index in [1.807, 2.05) is 7.05 Å². The highest BCUT2D eigenvalue weighted by molar-refractivity contribution is 4.65. The molecule has 0 aromatic rings. The Labute approximate surface area is 79.2 Å². The average Bonchev–Trinajstić information content (AvgIpc) is 2.65. The predicted octanol–water partition coefficient (Wildman–Crippen LogP) is -0.238. The maximum atomic E-state index is 8.88. The van der Waals surface area contributed by atoms with Gasteiger partial charge in [-0.1, -0.05) is 0 Å². The molecule has 2 unspecified atom stereocenters. The van der Waals surface area contributed by atoms with Crippen molar-refractivity contribution < 1.29 is 14.6 Å². The molecule has 0 spiro atoms. The summed E-state index contributed by atoms with van der Waals surface area (Å²) < 4.78 is 10.7. The van der Waals surface area contributed by atoms with Gasteiger partial charge < -0.3 is 19.9 Å². The summed E-state index contributed by atoms with van der Waals surface area (Å²) in [6.07, 6.45) is 2.13. The van der Waals surface area contributed by atoms with Crippen molar-refractivity contribution in [3.05, 3.63) is 0 Å². The summed E-state index contributed by atoms with van der Waals surface area (Å²) in [5.74, 6) is 0. The molecule has 4 heteroatoms. The smallest absolute Gasteiger partial charge is 0.0830 e. The summed E-state index contributed by atoms with van der Waals surface area (Å²) in [6, 6.07) is 0.155. The molecule has 2 N–H and O–H groups in total. The minimum Gasteiger partial charge on any atom is -0.395 e. The topological polar surface area (TPSA) is 50.7 Å². The molecule has 1 aliphatic rings. The van der Waals surface area contributed by atoms with Gasteiger partial charge in [-0.15, -0.1) is 0 Å². The summed E-state index contributed by atoms with van der Waals surface area (Å²) in [5, 5.41) is 11.9. The SMILES string of the molecule is CNC(CO)CCOC1CCOC1. The molecule has 0 saturated carbocycles. The number of ether oxygens (including phenoxy) is 2. The van der Waals surface area contributed by atoms with Gasteiger partial charge in [0.2, 0.25) is 0 Å². The molecule has 1 rings (SSSR count). The third-order valence-corrected chi connectivity index (χ3v) is 2.34.